The summed E-state index contributed by atoms with van der Waals surface area (Å²) in [5.41, 5.74) is 0. The van der Waals surface area contributed by atoms with E-state index in [1.165, 1.54) is 18.2 Å². The molecule has 1 N–H and O–H groups in total. The summed E-state index contributed by atoms with van der Waals surface area (Å²) in [6.45, 7) is 2.48. The molecule has 0 unspecified atom stereocenters. The van der Waals surface area contributed by atoms with E-state index in [1.54, 1.807) is 6.92 Å². The van der Waals surface area contributed by atoms with Crippen LogP contribution in [0.5, 0.6) is 5.75 Å². The van der Waals surface area contributed by atoms with E-state index in [-0.39, 0.29) is 10.9 Å². The predicted octanol–water partition coefficient (Wildman–Crippen LogP) is 2.38. The smallest absolute Gasteiger partial charge is 0.219 e. The van der Waals surface area contributed by atoms with Crippen molar-refractivity contribution >= 4 is 17.5 Å². The molecule has 16 heavy (non-hydrogen) atoms. The number of ether oxygens (including phenoxy) is 1. The lowest BCUT2D eigenvalue weighted by Crippen LogP contribution is -2.27. The van der Waals surface area contributed by atoms with Crippen molar-refractivity contribution < 1.29 is 13.9 Å². The molecular weight excluding hydrogens is 233 g/mol. The Morgan fingerprint density at radius 3 is 2.94 bits per heavy atom. The van der Waals surface area contributed by atoms with Crippen LogP contribution in [0.4, 0.5) is 4.39 Å². The van der Waals surface area contributed by atoms with Crippen molar-refractivity contribution in [2.24, 2.45) is 0 Å². The van der Waals surface area contributed by atoms with Crippen LogP contribution < -0.4 is 10.1 Å². The highest BCUT2D eigenvalue weighted by molar-refractivity contribution is 6.32. The predicted molar refractivity (Wildman–Crippen MR) is 60.2 cm³/mol. The Balaban J connectivity index is 2.35. The van der Waals surface area contributed by atoms with E-state index in [1.807, 2.05) is 0 Å². The molecule has 1 aromatic carbocycles. The van der Waals surface area contributed by atoms with Gasteiger partial charge >= 0.3 is 0 Å². The zero-order valence-electron chi connectivity index (χ0n) is 8.93. The van der Waals surface area contributed by atoms with Gasteiger partial charge in [0.2, 0.25) is 5.91 Å². The minimum atomic E-state index is -0.406. The summed E-state index contributed by atoms with van der Waals surface area (Å²) in [7, 11) is 0. The lowest BCUT2D eigenvalue weighted by Gasteiger charge is -2.08. The molecule has 1 aromatic rings. The first kappa shape index (κ1) is 12.8. The molecule has 0 aliphatic carbocycles. The van der Waals surface area contributed by atoms with Gasteiger partial charge in [-0.3, -0.25) is 4.79 Å². The molecule has 0 fully saturated rings. The number of amides is 1. The molecule has 0 aliphatic heterocycles. The minimum absolute atomic E-state index is 0.0335. The monoisotopic (exact) mass is 245 g/mol. The first-order chi connectivity index (χ1) is 7.63. The minimum Gasteiger partial charge on any atom is -0.490 e. The third-order valence-electron chi connectivity index (χ3n) is 1.90. The fourth-order valence-corrected chi connectivity index (χ4v) is 1.29. The number of carbonyl (C=O) groups excluding carboxylic acids is 1. The number of rotatable bonds is 5. The average molecular weight is 246 g/mol. The number of nitrogens with one attached hydrogen (secondary N) is 1. The van der Waals surface area contributed by atoms with Crippen LogP contribution in [0.15, 0.2) is 18.2 Å². The second-order valence-electron chi connectivity index (χ2n) is 3.13. The molecule has 0 saturated carbocycles. The summed E-state index contributed by atoms with van der Waals surface area (Å²) in [6, 6.07) is 3.91. The number of carbonyl (C=O) groups is 1. The Labute approximate surface area is 98.5 Å². The van der Waals surface area contributed by atoms with E-state index in [4.69, 9.17) is 16.3 Å². The molecule has 1 rings (SSSR count). The number of hydrogen-bond acceptors (Lipinski definition) is 2. The Hall–Kier alpha value is -1.29. The molecule has 0 bridgehead atoms. The average Bonchev–Trinajstić information content (AvgIpc) is 2.26. The van der Waals surface area contributed by atoms with Crippen LogP contribution in [-0.4, -0.2) is 19.1 Å². The van der Waals surface area contributed by atoms with Crippen molar-refractivity contribution in [2.75, 3.05) is 13.2 Å². The van der Waals surface area contributed by atoms with Crippen molar-refractivity contribution in [2.45, 2.75) is 13.3 Å². The molecule has 0 radical (unpaired) electrons. The summed E-state index contributed by atoms with van der Waals surface area (Å²) < 4.78 is 18.0. The largest absolute Gasteiger partial charge is 0.490 e. The van der Waals surface area contributed by atoms with Crippen LogP contribution in [0.2, 0.25) is 5.02 Å². The van der Waals surface area contributed by atoms with Crippen LogP contribution in [0.3, 0.4) is 0 Å². The molecule has 0 atom stereocenters. The van der Waals surface area contributed by atoms with Crippen LogP contribution in [0.1, 0.15) is 13.3 Å². The molecular formula is C11H13ClFNO2. The first-order valence-corrected chi connectivity index (χ1v) is 5.36. The Kier molecular flexibility index (Phi) is 5.05. The Morgan fingerprint density at radius 1 is 1.56 bits per heavy atom. The molecule has 0 spiro atoms. The van der Waals surface area contributed by atoms with Gasteiger partial charge in [-0.15, -0.1) is 0 Å². The lowest BCUT2D eigenvalue weighted by molar-refractivity contribution is -0.120. The SMILES string of the molecule is CCC(=O)NCCOc1ccc(F)cc1Cl. The molecule has 1 amide bonds. The van der Waals surface area contributed by atoms with E-state index in [2.05, 4.69) is 5.32 Å². The fourth-order valence-electron chi connectivity index (χ4n) is 1.07. The zero-order chi connectivity index (χ0) is 12.0. The highest BCUT2D eigenvalue weighted by atomic mass is 35.5. The normalized spacial score (nSPS) is 9.94. The van der Waals surface area contributed by atoms with Gasteiger partial charge in [0.1, 0.15) is 18.2 Å². The highest BCUT2D eigenvalue weighted by Gasteiger charge is 2.03. The maximum atomic E-state index is 12.7. The third kappa shape index (κ3) is 4.06. The summed E-state index contributed by atoms with van der Waals surface area (Å²) in [6.07, 6.45) is 0.442. The zero-order valence-corrected chi connectivity index (χ0v) is 9.68. The number of halogens is 2. The van der Waals surface area contributed by atoms with E-state index in [0.717, 1.165) is 0 Å². The van der Waals surface area contributed by atoms with Crippen molar-refractivity contribution in [1.82, 2.24) is 5.32 Å². The molecule has 5 heteroatoms. The van der Waals surface area contributed by atoms with E-state index in [0.29, 0.717) is 25.3 Å². The third-order valence-corrected chi connectivity index (χ3v) is 2.19. The van der Waals surface area contributed by atoms with Gasteiger partial charge in [0.05, 0.1) is 11.6 Å². The summed E-state index contributed by atoms with van der Waals surface area (Å²) >= 11 is 5.75. The fraction of sp³-hybridized carbons (Fsp3) is 0.364. The van der Waals surface area contributed by atoms with Gasteiger partial charge in [-0.05, 0) is 18.2 Å². The van der Waals surface area contributed by atoms with Crippen LogP contribution in [0.25, 0.3) is 0 Å². The van der Waals surface area contributed by atoms with Crippen molar-refractivity contribution in [3.63, 3.8) is 0 Å². The first-order valence-electron chi connectivity index (χ1n) is 4.98. The summed E-state index contributed by atoms with van der Waals surface area (Å²) in [5.74, 6) is -0.0285. The second-order valence-corrected chi connectivity index (χ2v) is 3.53. The van der Waals surface area contributed by atoms with Gasteiger partial charge < -0.3 is 10.1 Å². The molecule has 0 aliphatic rings. The Morgan fingerprint density at radius 2 is 2.31 bits per heavy atom. The van der Waals surface area contributed by atoms with Crippen LogP contribution in [-0.2, 0) is 4.79 Å². The van der Waals surface area contributed by atoms with Gasteiger partial charge in [-0.25, -0.2) is 4.39 Å². The van der Waals surface area contributed by atoms with Gasteiger partial charge in [-0.1, -0.05) is 18.5 Å². The van der Waals surface area contributed by atoms with Crippen molar-refractivity contribution in [1.29, 1.82) is 0 Å². The van der Waals surface area contributed by atoms with Gasteiger partial charge in [0.25, 0.3) is 0 Å². The Bertz CT molecular complexity index is 371. The van der Waals surface area contributed by atoms with Gasteiger partial charge in [0, 0.05) is 6.42 Å². The molecule has 3 nitrogen and oxygen atoms in total. The highest BCUT2D eigenvalue weighted by Crippen LogP contribution is 2.24. The van der Waals surface area contributed by atoms with Crippen LogP contribution in [0, 0.1) is 5.82 Å². The van der Waals surface area contributed by atoms with E-state index < -0.39 is 5.82 Å². The van der Waals surface area contributed by atoms with E-state index in [9.17, 15) is 9.18 Å². The number of benzene rings is 1. The molecule has 0 aromatic heterocycles. The number of hydrogen-bond donors (Lipinski definition) is 1. The second kappa shape index (κ2) is 6.33. The molecule has 0 heterocycles. The topological polar surface area (TPSA) is 38.3 Å². The summed E-state index contributed by atoms with van der Waals surface area (Å²) in [4.78, 5) is 10.9. The van der Waals surface area contributed by atoms with E-state index >= 15 is 0 Å². The van der Waals surface area contributed by atoms with Gasteiger partial charge in [0.15, 0.2) is 0 Å². The van der Waals surface area contributed by atoms with Crippen molar-refractivity contribution in [3.05, 3.63) is 29.0 Å². The molecule has 0 saturated heterocycles. The van der Waals surface area contributed by atoms with Crippen molar-refractivity contribution in [3.8, 4) is 5.75 Å². The quantitative estimate of drug-likeness (QED) is 0.809. The molecule has 88 valence electrons. The van der Waals surface area contributed by atoms with Gasteiger partial charge in [-0.2, -0.15) is 0 Å². The maximum Gasteiger partial charge on any atom is 0.219 e. The summed E-state index contributed by atoms with van der Waals surface area (Å²) in [5, 5.41) is 2.88. The lowest BCUT2D eigenvalue weighted by atomic mass is 10.3. The van der Waals surface area contributed by atoms with Crippen LogP contribution >= 0.6 is 11.6 Å². The standard InChI is InChI=1S/C11H13ClFNO2/c1-2-11(15)14-5-6-16-10-4-3-8(13)7-9(10)12/h3-4,7H,2,5-6H2,1H3,(H,14,15). The maximum absolute atomic E-state index is 12.7.